The predicted molar refractivity (Wildman–Crippen MR) is 104 cm³/mol. The Morgan fingerprint density at radius 2 is 1.78 bits per heavy atom. The number of primary amides is 1. The van der Waals surface area contributed by atoms with E-state index >= 15 is 0 Å². The Morgan fingerprint density at radius 1 is 0.963 bits per heavy atom. The van der Waals surface area contributed by atoms with Crippen LogP contribution in [-0.4, -0.2) is 15.9 Å². The van der Waals surface area contributed by atoms with Gasteiger partial charge in [-0.2, -0.15) is 0 Å². The SMILES string of the molecule is NC(=O)c1ccc(OCc2ccc3ccccc3n2)cc1-c1ccncc1. The Balaban J connectivity index is 1.61. The van der Waals surface area contributed by atoms with Gasteiger partial charge in [0.05, 0.1) is 11.2 Å². The van der Waals surface area contributed by atoms with Crippen molar-refractivity contribution >= 4 is 16.8 Å². The van der Waals surface area contributed by atoms with Gasteiger partial charge in [-0.05, 0) is 53.6 Å². The molecule has 5 nitrogen and oxygen atoms in total. The first-order valence-electron chi connectivity index (χ1n) is 8.52. The number of carbonyl (C=O) groups is 1. The molecule has 0 spiro atoms. The summed E-state index contributed by atoms with van der Waals surface area (Å²) in [5, 5.41) is 1.09. The summed E-state index contributed by atoms with van der Waals surface area (Å²) in [6.45, 7) is 0.330. The highest BCUT2D eigenvalue weighted by Crippen LogP contribution is 2.28. The van der Waals surface area contributed by atoms with Crippen molar-refractivity contribution in [3.05, 3.63) is 90.4 Å². The van der Waals surface area contributed by atoms with E-state index < -0.39 is 5.91 Å². The summed E-state index contributed by atoms with van der Waals surface area (Å²) in [5.74, 6) is 0.159. The summed E-state index contributed by atoms with van der Waals surface area (Å²) in [6.07, 6.45) is 3.35. The number of benzene rings is 2. The van der Waals surface area contributed by atoms with E-state index in [0.717, 1.165) is 22.2 Å². The number of para-hydroxylation sites is 1. The van der Waals surface area contributed by atoms with Crippen molar-refractivity contribution < 1.29 is 9.53 Å². The highest BCUT2D eigenvalue weighted by atomic mass is 16.5. The van der Waals surface area contributed by atoms with Crippen LogP contribution >= 0.6 is 0 Å². The first-order valence-corrected chi connectivity index (χ1v) is 8.52. The van der Waals surface area contributed by atoms with Crippen LogP contribution in [-0.2, 0) is 6.61 Å². The first kappa shape index (κ1) is 16.7. The summed E-state index contributed by atoms with van der Waals surface area (Å²) in [5.41, 5.74) is 9.29. The highest BCUT2D eigenvalue weighted by molar-refractivity contribution is 6.00. The zero-order valence-corrected chi connectivity index (χ0v) is 14.5. The lowest BCUT2D eigenvalue weighted by atomic mass is 10.00. The fourth-order valence-corrected chi connectivity index (χ4v) is 2.94. The van der Waals surface area contributed by atoms with Crippen molar-refractivity contribution in [3.63, 3.8) is 0 Å². The Labute approximate surface area is 156 Å². The van der Waals surface area contributed by atoms with E-state index in [1.807, 2.05) is 54.6 Å². The van der Waals surface area contributed by atoms with E-state index in [4.69, 9.17) is 10.5 Å². The van der Waals surface area contributed by atoms with Crippen LogP contribution in [0.1, 0.15) is 16.1 Å². The van der Waals surface area contributed by atoms with Gasteiger partial charge in [0.15, 0.2) is 0 Å². The van der Waals surface area contributed by atoms with Gasteiger partial charge in [0, 0.05) is 23.3 Å². The molecule has 2 aromatic heterocycles. The third-order valence-electron chi connectivity index (χ3n) is 4.29. The number of nitrogens with zero attached hydrogens (tertiary/aromatic N) is 2. The number of nitrogens with two attached hydrogens (primary N) is 1. The van der Waals surface area contributed by atoms with Gasteiger partial charge < -0.3 is 10.5 Å². The lowest BCUT2D eigenvalue weighted by Crippen LogP contribution is -2.12. The summed E-state index contributed by atoms with van der Waals surface area (Å²) in [7, 11) is 0. The average molecular weight is 355 g/mol. The van der Waals surface area contributed by atoms with Crippen LogP contribution in [0.25, 0.3) is 22.0 Å². The molecular weight excluding hydrogens is 338 g/mol. The van der Waals surface area contributed by atoms with E-state index in [1.165, 1.54) is 0 Å². The van der Waals surface area contributed by atoms with Crippen molar-refractivity contribution in [2.45, 2.75) is 6.61 Å². The van der Waals surface area contributed by atoms with Crippen molar-refractivity contribution in [1.82, 2.24) is 9.97 Å². The minimum atomic E-state index is -0.482. The largest absolute Gasteiger partial charge is 0.487 e. The third-order valence-corrected chi connectivity index (χ3v) is 4.29. The number of fused-ring (bicyclic) bond motifs is 1. The van der Waals surface area contributed by atoms with Crippen molar-refractivity contribution in [1.29, 1.82) is 0 Å². The van der Waals surface area contributed by atoms with Crippen LogP contribution in [0.15, 0.2) is 79.1 Å². The molecule has 0 unspecified atom stereocenters. The third kappa shape index (κ3) is 3.62. The van der Waals surface area contributed by atoms with E-state index in [9.17, 15) is 4.79 Å². The van der Waals surface area contributed by atoms with Gasteiger partial charge in [-0.15, -0.1) is 0 Å². The van der Waals surface area contributed by atoms with Crippen LogP contribution in [0.3, 0.4) is 0 Å². The molecule has 4 aromatic rings. The van der Waals surface area contributed by atoms with E-state index in [-0.39, 0.29) is 0 Å². The number of carbonyl (C=O) groups excluding carboxylic acids is 1. The van der Waals surface area contributed by atoms with Gasteiger partial charge in [-0.1, -0.05) is 24.3 Å². The Kier molecular flexibility index (Phi) is 4.49. The molecular formula is C22H17N3O2. The summed E-state index contributed by atoms with van der Waals surface area (Å²) in [6, 6.07) is 20.8. The van der Waals surface area contributed by atoms with Crippen molar-refractivity contribution in [2.24, 2.45) is 5.73 Å². The maximum Gasteiger partial charge on any atom is 0.249 e. The van der Waals surface area contributed by atoms with Crippen LogP contribution in [0.4, 0.5) is 0 Å². The van der Waals surface area contributed by atoms with Crippen molar-refractivity contribution in [2.75, 3.05) is 0 Å². The minimum Gasteiger partial charge on any atom is -0.487 e. The number of ether oxygens (including phenoxy) is 1. The number of hydrogen-bond donors (Lipinski definition) is 1. The molecule has 0 saturated carbocycles. The molecule has 0 radical (unpaired) electrons. The highest BCUT2D eigenvalue weighted by Gasteiger charge is 2.12. The average Bonchev–Trinajstić information content (AvgIpc) is 2.72. The Morgan fingerprint density at radius 3 is 2.59 bits per heavy atom. The number of aromatic nitrogens is 2. The van der Waals surface area contributed by atoms with Gasteiger partial charge in [0.25, 0.3) is 0 Å². The Bertz CT molecular complexity index is 1110. The number of hydrogen-bond acceptors (Lipinski definition) is 4. The van der Waals surface area contributed by atoms with Crippen molar-refractivity contribution in [3.8, 4) is 16.9 Å². The molecule has 0 aliphatic heterocycles. The maximum absolute atomic E-state index is 11.8. The second kappa shape index (κ2) is 7.25. The molecule has 0 fully saturated rings. The quantitative estimate of drug-likeness (QED) is 0.587. The monoisotopic (exact) mass is 355 g/mol. The summed E-state index contributed by atoms with van der Waals surface area (Å²) >= 11 is 0. The zero-order valence-electron chi connectivity index (χ0n) is 14.5. The van der Waals surface area contributed by atoms with Gasteiger partial charge >= 0.3 is 0 Å². The minimum absolute atomic E-state index is 0.330. The molecule has 0 aliphatic rings. The standard InChI is InChI=1S/C22H17N3O2/c23-22(26)19-8-7-18(13-20(19)15-9-11-24-12-10-15)27-14-17-6-5-16-3-1-2-4-21(16)25-17/h1-13H,14H2,(H2,23,26). The molecule has 0 bridgehead atoms. The Hall–Kier alpha value is -3.73. The molecule has 0 atom stereocenters. The summed E-state index contributed by atoms with van der Waals surface area (Å²) in [4.78, 5) is 20.4. The molecule has 2 aromatic carbocycles. The van der Waals surface area contributed by atoms with Crippen LogP contribution in [0, 0.1) is 0 Å². The maximum atomic E-state index is 11.8. The molecule has 2 N–H and O–H groups in total. The fraction of sp³-hybridized carbons (Fsp3) is 0.0455. The molecule has 132 valence electrons. The molecule has 0 saturated heterocycles. The molecule has 5 heteroatoms. The smallest absolute Gasteiger partial charge is 0.249 e. The van der Waals surface area contributed by atoms with E-state index in [0.29, 0.717) is 23.5 Å². The molecule has 1 amide bonds. The molecule has 27 heavy (non-hydrogen) atoms. The van der Waals surface area contributed by atoms with Gasteiger partial charge in [0.2, 0.25) is 5.91 Å². The predicted octanol–water partition coefficient (Wildman–Crippen LogP) is 3.97. The lowest BCUT2D eigenvalue weighted by Gasteiger charge is -2.11. The van der Waals surface area contributed by atoms with E-state index in [2.05, 4.69) is 9.97 Å². The lowest BCUT2D eigenvalue weighted by molar-refractivity contribution is 0.100. The fourth-order valence-electron chi connectivity index (χ4n) is 2.94. The molecule has 0 aliphatic carbocycles. The molecule has 2 heterocycles. The number of rotatable bonds is 5. The number of pyridine rings is 2. The van der Waals surface area contributed by atoms with Crippen LogP contribution in [0.2, 0.25) is 0 Å². The van der Waals surface area contributed by atoms with Gasteiger partial charge in [0.1, 0.15) is 12.4 Å². The number of amides is 1. The second-order valence-electron chi connectivity index (χ2n) is 6.09. The van der Waals surface area contributed by atoms with Crippen LogP contribution in [0.5, 0.6) is 5.75 Å². The van der Waals surface area contributed by atoms with E-state index in [1.54, 1.807) is 24.5 Å². The zero-order chi connectivity index (χ0) is 18.6. The second-order valence-corrected chi connectivity index (χ2v) is 6.09. The van der Waals surface area contributed by atoms with Gasteiger partial charge in [-0.25, -0.2) is 4.98 Å². The first-order chi connectivity index (χ1) is 13.2. The van der Waals surface area contributed by atoms with Crippen LogP contribution < -0.4 is 10.5 Å². The normalized spacial score (nSPS) is 10.7. The molecule has 4 rings (SSSR count). The summed E-state index contributed by atoms with van der Waals surface area (Å²) < 4.78 is 5.91. The topological polar surface area (TPSA) is 78.1 Å². The van der Waals surface area contributed by atoms with Gasteiger partial charge in [-0.3, -0.25) is 9.78 Å².